The monoisotopic (exact) mass is 667 g/mol. The van der Waals surface area contributed by atoms with E-state index in [1.165, 1.54) is 51.0 Å². The summed E-state index contributed by atoms with van der Waals surface area (Å²) >= 11 is 0. The molecule has 2 saturated heterocycles. The number of furan rings is 1. The summed E-state index contributed by atoms with van der Waals surface area (Å²) in [6.07, 6.45) is -7.42. The second kappa shape index (κ2) is 16.4. The summed E-state index contributed by atoms with van der Waals surface area (Å²) in [5, 5.41) is 21.4. The molecular weight excluding hydrogens is 637 g/mol. The van der Waals surface area contributed by atoms with Crippen LogP contribution < -0.4 is 0 Å². The number of pyridine rings is 1. The van der Waals surface area contributed by atoms with Gasteiger partial charge in [0.05, 0.1) is 6.54 Å². The van der Waals surface area contributed by atoms with Crippen molar-refractivity contribution in [1.29, 1.82) is 0 Å². The van der Waals surface area contributed by atoms with E-state index >= 15 is 0 Å². The van der Waals surface area contributed by atoms with Crippen molar-refractivity contribution in [2.45, 2.75) is 57.8 Å². The summed E-state index contributed by atoms with van der Waals surface area (Å²) < 4.78 is 101. The van der Waals surface area contributed by atoms with E-state index in [1.807, 2.05) is 25.4 Å². The molecule has 0 bridgehead atoms. The summed E-state index contributed by atoms with van der Waals surface area (Å²) in [6.45, 7) is 8.89. The van der Waals surface area contributed by atoms with E-state index < -0.39 is 36.4 Å². The second-order valence-electron chi connectivity index (χ2n) is 10.0. The molecule has 1 spiro atoms. The van der Waals surface area contributed by atoms with Crippen LogP contribution >= 0.6 is 0 Å². The number of aliphatic carboxylic acids is 3. The summed E-state index contributed by atoms with van der Waals surface area (Å²) in [5.41, 5.74) is 1.87. The van der Waals surface area contributed by atoms with Crippen LogP contribution in [0, 0.1) is 12.3 Å². The number of hydrogen-bond acceptors (Lipinski definition) is 7. The molecule has 45 heavy (non-hydrogen) atoms. The topological polar surface area (TPSA) is 144 Å². The number of likely N-dealkylation sites (tertiary alicyclic amines) is 2. The first-order valence-electron chi connectivity index (χ1n) is 12.8. The maximum absolute atomic E-state index is 10.6. The average Bonchev–Trinajstić information content (AvgIpc) is 3.51. The van der Waals surface area contributed by atoms with E-state index in [4.69, 9.17) is 34.1 Å². The van der Waals surface area contributed by atoms with Gasteiger partial charge in [-0.3, -0.25) is 14.8 Å². The van der Waals surface area contributed by atoms with E-state index in [1.54, 1.807) is 0 Å². The van der Waals surface area contributed by atoms with Gasteiger partial charge in [0, 0.05) is 25.5 Å². The average molecular weight is 668 g/mol. The van der Waals surface area contributed by atoms with Gasteiger partial charge in [-0.15, -0.1) is 0 Å². The Morgan fingerprint density at radius 2 is 1.22 bits per heavy atom. The maximum Gasteiger partial charge on any atom is 0.490 e. The third-order valence-corrected chi connectivity index (χ3v) is 6.47. The van der Waals surface area contributed by atoms with Crippen molar-refractivity contribution in [1.82, 2.24) is 14.8 Å². The van der Waals surface area contributed by atoms with Gasteiger partial charge in [0.25, 0.3) is 0 Å². The number of nitrogens with zero attached hydrogens (tertiary/aromatic N) is 3. The zero-order valence-electron chi connectivity index (χ0n) is 23.5. The third-order valence-electron chi connectivity index (χ3n) is 6.47. The highest BCUT2D eigenvalue weighted by atomic mass is 19.4. The van der Waals surface area contributed by atoms with Gasteiger partial charge >= 0.3 is 36.4 Å². The molecule has 19 heteroatoms. The number of hydrogen-bond donors (Lipinski definition) is 3. The zero-order valence-corrected chi connectivity index (χ0v) is 23.5. The molecule has 0 aliphatic carbocycles. The first-order valence-corrected chi connectivity index (χ1v) is 12.8. The zero-order chi connectivity index (χ0) is 34.6. The highest BCUT2D eigenvalue weighted by Gasteiger charge is 2.41. The summed E-state index contributed by atoms with van der Waals surface area (Å²) in [5.74, 6) is -6.15. The molecular formula is C26H30F9N3O7. The number of aryl methyl sites for hydroxylation is 1. The molecule has 2 aromatic rings. The van der Waals surface area contributed by atoms with Crippen LogP contribution in [0.4, 0.5) is 39.5 Å². The molecule has 4 heterocycles. The summed E-state index contributed by atoms with van der Waals surface area (Å²) in [7, 11) is 0. The van der Waals surface area contributed by atoms with Crippen LogP contribution in [0.3, 0.4) is 0 Å². The Hall–Kier alpha value is -3.87. The lowest BCUT2D eigenvalue weighted by Gasteiger charge is -2.39. The number of halogens is 9. The highest BCUT2D eigenvalue weighted by molar-refractivity contribution is 5.73. The van der Waals surface area contributed by atoms with Gasteiger partial charge < -0.3 is 19.7 Å². The van der Waals surface area contributed by atoms with Crippen LogP contribution in [0.5, 0.6) is 0 Å². The Morgan fingerprint density at radius 1 is 0.778 bits per heavy atom. The molecule has 0 unspecified atom stereocenters. The minimum absolute atomic E-state index is 0.539. The fourth-order valence-electron chi connectivity index (χ4n) is 4.30. The number of carboxylic acids is 3. The molecule has 0 amide bonds. The summed E-state index contributed by atoms with van der Waals surface area (Å²) in [6, 6.07) is 8.40. The summed E-state index contributed by atoms with van der Waals surface area (Å²) in [4.78, 5) is 36.1. The van der Waals surface area contributed by atoms with Crippen molar-refractivity contribution in [3.8, 4) is 0 Å². The van der Waals surface area contributed by atoms with Gasteiger partial charge in [-0.2, -0.15) is 39.5 Å². The molecule has 2 aromatic heterocycles. The largest absolute Gasteiger partial charge is 0.490 e. The van der Waals surface area contributed by atoms with Crippen LogP contribution in [0.2, 0.25) is 0 Å². The minimum Gasteiger partial charge on any atom is -0.475 e. The highest BCUT2D eigenvalue weighted by Crippen LogP contribution is 2.41. The molecule has 2 aliphatic rings. The molecule has 0 saturated carbocycles. The lowest BCUT2D eigenvalue weighted by atomic mass is 9.78. The van der Waals surface area contributed by atoms with E-state index in [0.717, 1.165) is 24.6 Å². The van der Waals surface area contributed by atoms with Gasteiger partial charge in [0.15, 0.2) is 0 Å². The third kappa shape index (κ3) is 15.1. The Bertz CT molecular complexity index is 1170. The Balaban J connectivity index is 0.000000396. The van der Waals surface area contributed by atoms with E-state index in [0.29, 0.717) is 5.41 Å². The van der Waals surface area contributed by atoms with Crippen molar-refractivity contribution >= 4 is 17.9 Å². The molecule has 3 N–H and O–H groups in total. The first kappa shape index (κ1) is 39.2. The minimum atomic E-state index is -5.08. The van der Waals surface area contributed by atoms with E-state index in [9.17, 15) is 39.5 Å². The number of alkyl halides is 9. The predicted octanol–water partition coefficient (Wildman–Crippen LogP) is 5.37. The van der Waals surface area contributed by atoms with E-state index in [2.05, 4.69) is 33.0 Å². The molecule has 2 aliphatic heterocycles. The van der Waals surface area contributed by atoms with Crippen LogP contribution in [0.25, 0.3) is 0 Å². The number of piperidine rings is 1. The number of aromatic nitrogens is 1. The van der Waals surface area contributed by atoms with Crippen molar-refractivity contribution in [2.75, 3.05) is 26.2 Å². The number of rotatable bonds is 4. The maximum atomic E-state index is 10.6. The molecule has 4 rings (SSSR count). The Kier molecular flexibility index (Phi) is 14.3. The molecule has 254 valence electrons. The quantitative estimate of drug-likeness (QED) is 0.364. The number of carbonyl (C=O) groups is 3. The van der Waals surface area contributed by atoms with Gasteiger partial charge in [0.2, 0.25) is 0 Å². The predicted molar refractivity (Wildman–Crippen MR) is 136 cm³/mol. The smallest absolute Gasteiger partial charge is 0.475 e. The van der Waals surface area contributed by atoms with Crippen molar-refractivity contribution < 1.29 is 73.6 Å². The van der Waals surface area contributed by atoms with Gasteiger partial charge in [-0.25, -0.2) is 14.4 Å². The lowest BCUT2D eigenvalue weighted by Crippen LogP contribution is -2.41. The lowest BCUT2D eigenvalue weighted by molar-refractivity contribution is -0.193. The van der Waals surface area contributed by atoms with Crippen LogP contribution in [0.15, 0.2) is 41.1 Å². The second-order valence-corrected chi connectivity index (χ2v) is 10.0. The fourth-order valence-corrected chi connectivity index (χ4v) is 4.30. The fraction of sp³-hybridized carbons (Fsp3) is 0.538. The molecule has 0 aromatic carbocycles. The number of carboxylic acid groups (broad SMARTS) is 3. The van der Waals surface area contributed by atoms with Gasteiger partial charge in [-0.1, -0.05) is 6.07 Å². The van der Waals surface area contributed by atoms with Gasteiger partial charge in [0.1, 0.15) is 11.5 Å². The van der Waals surface area contributed by atoms with Crippen molar-refractivity contribution in [3.05, 3.63) is 53.7 Å². The Morgan fingerprint density at radius 3 is 1.58 bits per heavy atom. The van der Waals surface area contributed by atoms with Crippen molar-refractivity contribution in [2.24, 2.45) is 5.41 Å². The van der Waals surface area contributed by atoms with Crippen LogP contribution in [0.1, 0.15) is 36.3 Å². The van der Waals surface area contributed by atoms with Crippen LogP contribution in [-0.4, -0.2) is 92.7 Å². The standard InChI is InChI=1S/C20H27N3O.3C2HF3O2/c1-17-4-5-19(24-17)15-22-10-6-20(7-11-22)8-12-23(16-20)14-18-3-2-9-21-13-18;3*3-2(4,5)1(6)7/h2-5,9,13H,6-8,10-12,14-16H2,1H3;3*(H,6,7). The van der Waals surface area contributed by atoms with E-state index in [-0.39, 0.29) is 0 Å². The molecule has 0 radical (unpaired) electrons. The molecule has 2 fully saturated rings. The van der Waals surface area contributed by atoms with Crippen LogP contribution in [-0.2, 0) is 27.5 Å². The SMILES string of the molecule is Cc1ccc(CN2CCC3(CC2)CCN(Cc2cccnc2)C3)o1.O=C(O)C(F)(F)F.O=C(O)C(F)(F)F.O=C(O)C(F)(F)F. The van der Waals surface area contributed by atoms with Crippen molar-refractivity contribution in [3.63, 3.8) is 0 Å². The first-order chi connectivity index (χ1) is 20.5. The molecule has 10 nitrogen and oxygen atoms in total. The molecule has 0 atom stereocenters. The Labute approximate surface area is 250 Å². The van der Waals surface area contributed by atoms with Gasteiger partial charge in [-0.05, 0) is 75.0 Å². The normalized spacial score (nSPS) is 16.8.